The van der Waals surface area contributed by atoms with Crippen molar-refractivity contribution in [2.45, 2.75) is 103 Å². The van der Waals surface area contributed by atoms with Crippen molar-refractivity contribution < 1.29 is 19.5 Å². The molecule has 178 valence electrons. The highest BCUT2D eigenvalue weighted by molar-refractivity contribution is 9.09. The van der Waals surface area contributed by atoms with Crippen molar-refractivity contribution in [3.63, 3.8) is 0 Å². The molecule has 7 heteroatoms. The number of carbonyl (C=O) groups is 1. The molecule has 0 aliphatic carbocycles. The van der Waals surface area contributed by atoms with Crippen LogP contribution in [0.1, 0.15) is 87.0 Å². The maximum atomic E-state index is 11.9. The highest BCUT2D eigenvalue weighted by Gasteiger charge is 2.31. The zero-order valence-corrected chi connectivity index (χ0v) is 21.8. The molecule has 31 heavy (non-hydrogen) atoms. The SMILES string of the molecule is C=CC(C)(CC/C=C(\C)CC/C=C(\C)CCC(Br)C(C)(C)O[N+](=O)[O-])OC(=O)C(C)C. The van der Waals surface area contributed by atoms with Crippen molar-refractivity contribution in [1.82, 2.24) is 0 Å². The Balaban J connectivity index is 4.46. The van der Waals surface area contributed by atoms with E-state index in [2.05, 4.69) is 48.5 Å². The first-order valence-corrected chi connectivity index (χ1v) is 11.8. The van der Waals surface area contributed by atoms with Gasteiger partial charge in [-0.25, -0.2) is 0 Å². The average molecular weight is 502 g/mol. The summed E-state index contributed by atoms with van der Waals surface area (Å²) in [5.74, 6) is -0.360. The summed E-state index contributed by atoms with van der Waals surface area (Å²) >= 11 is 3.52. The van der Waals surface area contributed by atoms with Crippen LogP contribution < -0.4 is 0 Å². The van der Waals surface area contributed by atoms with Crippen molar-refractivity contribution in [1.29, 1.82) is 0 Å². The van der Waals surface area contributed by atoms with E-state index in [4.69, 9.17) is 9.57 Å². The van der Waals surface area contributed by atoms with E-state index in [1.165, 1.54) is 11.1 Å². The van der Waals surface area contributed by atoms with Gasteiger partial charge in [0.05, 0.1) is 5.92 Å². The summed E-state index contributed by atoms with van der Waals surface area (Å²) < 4.78 is 5.59. The Hall–Kier alpha value is -1.63. The van der Waals surface area contributed by atoms with E-state index in [1.54, 1.807) is 19.9 Å². The topological polar surface area (TPSA) is 78.7 Å². The molecule has 0 radical (unpaired) electrons. The standard InChI is InChI=1S/C24H40BrNO5/c1-9-24(8,30-22(27)18(2)3)17-11-14-19(4)12-10-13-20(5)15-16-21(25)23(6,7)31-26(28)29/h9,13-14,18,21H,1,10-12,15-17H2,2-8H3/b19-14+,20-13+. The van der Waals surface area contributed by atoms with Gasteiger partial charge in [-0.3, -0.25) is 4.79 Å². The Morgan fingerprint density at radius 2 is 1.68 bits per heavy atom. The highest BCUT2D eigenvalue weighted by atomic mass is 79.9. The second-order valence-electron chi connectivity index (χ2n) is 9.20. The van der Waals surface area contributed by atoms with Gasteiger partial charge in [0.1, 0.15) is 11.2 Å². The van der Waals surface area contributed by atoms with Gasteiger partial charge in [-0.15, -0.1) is 10.1 Å². The molecule has 0 N–H and O–H groups in total. The van der Waals surface area contributed by atoms with E-state index in [0.717, 1.165) is 32.1 Å². The van der Waals surface area contributed by atoms with Gasteiger partial charge in [-0.05, 0) is 79.2 Å². The Morgan fingerprint density at radius 1 is 1.13 bits per heavy atom. The summed E-state index contributed by atoms with van der Waals surface area (Å²) in [7, 11) is 0. The van der Waals surface area contributed by atoms with Gasteiger partial charge in [0.25, 0.3) is 5.09 Å². The van der Waals surface area contributed by atoms with Crippen LogP contribution in [0.3, 0.4) is 0 Å². The molecule has 0 aliphatic heterocycles. The van der Waals surface area contributed by atoms with Crippen molar-refractivity contribution in [3.8, 4) is 0 Å². The minimum Gasteiger partial charge on any atom is -0.455 e. The Labute approximate surface area is 196 Å². The molecule has 0 heterocycles. The normalized spacial score (nSPS) is 15.9. The summed E-state index contributed by atoms with van der Waals surface area (Å²) in [6.45, 7) is 17.0. The van der Waals surface area contributed by atoms with Crippen LogP contribution in [-0.2, 0) is 14.4 Å². The molecule has 0 rings (SSSR count). The van der Waals surface area contributed by atoms with E-state index < -0.39 is 16.3 Å². The van der Waals surface area contributed by atoms with E-state index in [0.29, 0.717) is 6.42 Å². The molecule has 0 spiro atoms. The van der Waals surface area contributed by atoms with Crippen molar-refractivity contribution >= 4 is 21.9 Å². The number of esters is 1. The molecule has 0 fully saturated rings. The van der Waals surface area contributed by atoms with E-state index >= 15 is 0 Å². The minimum absolute atomic E-state index is 0.112. The number of hydrogen-bond acceptors (Lipinski definition) is 5. The molecule has 0 aromatic rings. The minimum atomic E-state index is -0.869. The molecule has 0 aromatic heterocycles. The number of nitrogens with zero attached hydrogens (tertiary/aromatic N) is 1. The maximum Gasteiger partial charge on any atom is 0.309 e. The molecule has 0 amide bonds. The zero-order chi connectivity index (χ0) is 24.2. The molecule has 0 aliphatic rings. The predicted octanol–water partition coefficient (Wildman–Crippen LogP) is 7.11. The third-order valence-electron chi connectivity index (χ3n) is 5.26. The summed E-state index contributed by atoms with van der Waals surface area (Å²) in [6.07, 6.45) is 11.2. The average Bonchev–Trinajstić information content (AvgIpc) is 2.64. The highest BCUT2D eigenvalue weighted by Crippen LogP contribution is 2.27. The smallest absolute Gasteiger partial charge is 0.309 e. The zero-order valence-electron chi connectivity index (χ0n) is 20.2. The van der Waals surface area contributed by atoms with Gasteiger partial charge in [-0.1, -0.05) is 59.7 Å². The van der Waals surface area contributed by atoms with Crippen LogP contribution in [0, 0.1) is 16.0 Å². The molecule has 0 aromatic carbocycles. The van der Waals surface area contributed by atoms with Gasteiger partial charge in [-0.2, -0.15) is 0 Å². The number of carbonyl (C=O) groups excluding carboxylic acids is 1. The lowest BCUT2D eigenvalue weighted by atomic mass is 9.97. The number of alkyl halides is 1. The number of hydrogen-bond donors (Lipinski definition) is 0. The van der Waals surface area contributed by atoms with Gasteiger partial charge < -0.3 is 9.57 Å². The van der Waals surface area contributed by atoms with Crippen LogP contribution >= 0.6 is 15.9 Å². The molecule has 2 atom stereocenters. The number of ether oxygens (including phenoxy) is 1. The molecule has 0 saturated heterocycles. The number of allylic oxidation sites excluding steroid dienone is 4. The first kappa shape index (κ1) is 29.4. The van der Waals surface area contributed by atoms with E-state index in [9.17, 15) is 14.9 Å². The molecular weight excluding hydrogens is 462 g/mol. The van der Waals surface area contributed by atoms with Gasteiger partial charge >= 0.3 is 5.97 Å². The van der Waals surface area contributed by atoms with Crippen LogP contribution in [0.2, 0.25) is 0 Å². The summed E-state index contributed by atoms with van der Waals surface area (Å²) in [5, 5.41) is 9.86. The lowest BCUT2D eigenvalue weighted by Crippen LogP contribution is -2.37. The summed E-state index contributed by atoms with van der Waals surface area (Å²) in [5.41, 5.74) is 1.04. The largest absolute Gasteiger partial charge is 0.455 e. The summed E-state index contributed by atoms with van der Waals surface area (Å²) in [6, 6.07) is 0. The molecular formula is C24H40BrNO5. The fourth-order valence-electron chi connectivity index (χ4n) is 2.85. The monoisotopic (exact) mass is 501 g/mol. The molecule has 2 unspecified atom stereocenters. The predicted molar refractivity (Wildman–Crippen MR) is 130 cm³/mol. The fourth-order valence-corrected chi connectivity index (χ4v) is 3.16. The first-order chi connectivity index (χ1) is 14.2. The second-order valence-corrected chi connectivity index (χ2v) is 10.3. The van der Waals surface area contributed by atoms with Crippen LogP contribution in [0.5, 0.6) is 0 Å². The molecule has 0 saturated carbocycles. The third kappa shape index (κ3) is 12.7. The molecule has 6 nitrogen and oxygen atoms in total. The van der Waals surface area contributed by atoms with Crippen LogP contribution in [-0.4, -0.2) is 27.1 Å². The quantitative estimate of drug-likeness (QED) is 0.0784. The lowest BCUT2D eigenvalue weighted by Gasteiger charge is -2.27. The van der Waals surface area contributed by atoms with Gasteiger partial charge in [0, 0.05) is 4.83 Å². The third-order valence-corrected chi connectivity index (χ3v) is 6.82. The van der Waals surface area contributed by atoms with E-state index in [-0.39, 0.29) is 16.7 Å². The molecule has 0 bridgehead atoms. The van der Waals surface area contributed by atoms with Crippen LogP contribution in [0.15, 0.2) is 36.0 Å². The second kappa shape index (κ2) is 13.7. The van der Waals surface area contributed by atoms with Gasteiger partial charge in [0.15, 0.2) is 0 Å². The number of halogens is 1. The Kier molecular flexibility index (Phi) is 13.0. The van der Waals surface area contributed by atoms with Crippen LogP contribution in [0.4, 0.5) is 0 Å². The van der Waals surface area contributed by atoms with Gasteiger partial charge in [0.2, 0.25) is 0 Å². The first-order valence-electron chi connectivity index (χ1n) is 10.9. The van der Waals surface area contributed by atoms with Crippen molar-refractivity contribution in [2.24, 2.45) is 5.92 Å². The lowest BCUT2D eigenvalue weighted by molar-refractivity contribution is -0.778. The van der Waals surface area contributed by atoms with Crippen LogP contribution in [0.25, 0.3) is 0 Å². The number of rotatable bonds is 15. The Morgan fingerprint density at radius 3 is 2.19 bits per heavy atom. The van der Waals surface area contributed by atoms with Crippen molar-refractivity contribution in [2.75, 3.05) is 0 Å². The maximum absolute atomic E-state index is 11.9. The summed E-state index contributed by atoms with van der Waals surface area (Å²) in [4.78, 5) is 27.1. The van der Waals surface area contributed by atoms with Crippen molar-refractivity contribution in [3.05, 3.63) is 46.1 Å². The van der Waals surface area contributed by atoms with E-state index in [1.807, 2.05) is 20.8 Å². The Bertz CT molecular complexity index is 669. The fraction of sp³-hybridized carbons (Fsp3) is 0.708.